The van der Waals surface area contributed by atoms with Crippen LogP contribution in [0.3, 0.4) is 0 Å². The molecule has 1 aromatic heterocycles. The molecule has 1 saturated heterocycles. The van der Waals surface area contributed by atoms with Gasteiger partial charge in [0.05, 0.1) is 5.69 Å². The number of carbonyl (C=O) groups excluding carboxylic acids is 1. The molecule has 6 nitrogen and oxygen atoms in total. The first-order valence-corrected chi connectivity index (χ1v) is 10.5. The lowest BCUT2D eigenvalue weighted by atomic mass is 9.99. The molecule has 0 saturated carbocycles. The number of hydrogen-bond acceptors (Lipinski definition) is 4. The van der Waals surface area contributed by atoms with E-state index in [1.165, 1.54) is 12.8 Å². The normalized spacial score (nSPS) is 14.4. The average molecular weight is 402 g/mol. The molecule has 2 amide bonds. The fourth-order valence-electron chi connectivity index (χ4n) is 3.60. The molecule has 0 spiro atoms. The van der Waals surface area contributed by atoms with Gasteiger partial charge in [0.15, 0.2) is 5.82 Å². The first-order valence-electron chi connectivity index (χ1n) is 10.5. The highest BCUT2D eigenvalue weighted by atomic mass is 16.2. The summed E-state index contributed by atoms with van der Waals surface area (Å²) in [6.45, 7) is 4.85. The predicted molar refractivity (Wildman–Crippen MR) is 120 cm³/mol. The Balaban J connectivity index is 1.37. The molecule has 2 N–H and O–H groups in total. The Morgan fingerprint density at radius 1 is 1.00 bits per heavy atom. The second-order valence-corrected chi connectivity index (χ2v) is 7.82. The molecule has 3 aromatic rings. The van der Waals surface area contributed by atoms with Crippen molar-refractivity contribution in [2.24, 2.45) is 5.92 Å². The summed E-state index contributed by atoms with van der Waals surface area (Å²) < 4.78 is 0. The van der Waals surface area contributed by atoms with Gasteiger partial charge in [-0.05, 0) is 48.6 Å². The molecule has 154 valence electrons. The van der Waals surface area contributed by atoms with Gasteiger partial charge in [-0.15, -0.1) is 10.2 Å². The highest BCUT2D eigenvalue weighted by Crippen LogP contribution is 2.24. The summed E-state index contributed by atoms with van der Waals surface area (Å²) in [5.74, 6) is 1.72. The molecule has 1 fully saturated rings. The van der Waals surface area contributed by atoms with Crippen LogP contribution in [0, 0.1) is 5.92 Å². The fourth-order valence-corrected chi connectivity index (χ4v) is 3.60. The fraction of sp³-hybridized carbons (Fsp3) is 0.292. The van der Waals surface area contributed by atoms with Crippen LogP contribution in [0.4, 0.5) is 16.3 Å². The van der Waals surface area contributed by atoms with Crippen LogP contribution in [0.2, 0.25) is 0 Å². The largest absolute Gasteiger partial charge is 0.355 e. The Morgan fingerprint density at radius 3 is 2.53 bits per heavy atom. The topological polar surface area (TPSA) is 70.2 Å². The number of piperidine rings is 1. The van der Waals surface area contributed by atoms with Gasteiger partial charge in [0.25, 0.3) is 0 Å². The highest BCUT2D eigenvalue weighted by Gasteiger charge is 2.17. The van der Waals surface area contributed by atoms with Crippen LogP contribution in [-0.4, -0.2) is 29.3 Å². The lowest BCUT2D eigenvalue weighted by molar-refractivity contribution is 0.251. The molecule has 0 unspecified atom stereocenters. The number of hydrogen-bond donors (Lipinski definition) is 2. The van der Waals surface area contributed by atoms with Gasteiger partial charge < -0.3 is 15.5 Å². The zero-order valence-corrected chi connectivity index (χ0v) is 17.2. The summed E-state index contributed by atoms with van der Waals surface area (Å²) in [5.41, 5.74) is 3.48. The van der Waals surface area contributed by atoms with Crippen LogP contribution >= 0.6 is 0 Å². The molecular weight excluding hydrogens is 374 g/mol. The van der Waals surface area contributed by atoms with Gasteiger partial charge in [0, 0.05) is 30.9 Å². The predicted octanol–water partition coefficient (Wildman–Crippen LogP) is 4.70. The standard InChI is InChI=1S/C24H27N5O/c1-18-12-14-29(15-13-18)23-11-10-22(27-28-23)20-8-5-9-21(16-20)26-24(30)25-17-19-6-3-2-4-7-19/h2-11,16,18H,12-15,17H2,1H3,(H2,25,26,30). The number of rotatable bonds is 5. The van der Waals surface area contributed by atoms with Crippen molar-refractivity contribution in [3.63, 3.8) is 0 Å². The number of carbonyl (C=O) groups is 1. The van der Waals surface area contributed by atoms with Crippen LogP contribution in [-0.2, 0) is 6.54 Å². The van der Waals surface area contributed by atoms with Crippen molar-refractivity contribution in [2.45, 2.75) is 26.3 Å². The summed E-state index contributed by atoms with van der Waals surface area (Å²) in [4.78, 5) is 14.5. The Hall–Kier alpha value is -3.41. The van der Waals surface area contributed by atoms with Crippen molar-refractivity contribution in [1.29, 1.82) is 0 Å². The van der Waals surface area contributed by atoms with E-state index in [0.717, 1.165) is 41.6 Å². The lowest BCUT2D eigenvalue weighted by Gasteiger charge is -2.30. The van der Waals surface area contributed by atoms with E-state index < -0.39 is 0 Å². The number of urea groups is 1. The summed E-state index contributed by atoms with van der Waals surface area (Å²) in [6, 6.07) is 21.3. The molecule has 1 aliphatic rings. The third kappa shape index (κ3) is 5.14. The molecule has 0 bridgehead atoms. The second-order valence-electron chi connectivity index (χ2n) is 7.82. The molecular formula is C24H27N5O. The molecule has 4 rings (SSSR count). The summed E-state index contributed by atoms with van der Waals surface area (Å²) in [5, 5.41) is 14.6. The van der Waals surface area contributed by atoms with Gasteiger partial charge >= 0.3 is 6.03 Å². The van der Waals surface area contributed by atoms with Gasteiger partial charge in [0.2, 0.25) is 0 Å². The summed E-state index contributed by atoms with van der Waals surface area (Å²) >= 11 is 0. The van der Waals surface area contributed by atoms with Gasteiger partial charge in [-0.25, -0.2) is 4.79 Å². The Bertz CT molecular complexity index is 966. The minimum atomic E-state index is -0.239. The molecule has 30 heavy (non-hydrogen) atoms. The van der Waals surface area contributed by atoms with Crippen molar-refractivity contribution in [1.82, 2.24) is 15.5 Å². The van der Waals surface area contributed by atoms with Gasteiger partial charge in [-0.1, -0.05) is 49.4 Å². The average Bonchev–Trinajstić information content (AvgIpc) is 2.79. The van der Waals surface area contributed by atoms with E-state index >= 15 is 0 Å². The third-order valence-corrected chi connectivity index (χ3v) is 5.47. The van der Waals surface area contributed by atoms with Gasteiger partial charge in [-0.3, -0.25) is 0 Å². The van der Waals surface area contributed by atoms with Crippen LogP contribution < -0.4 is 15.5 Å². The minimum Gasteiger partial charge on any atom is -0.355 e. The van der Waals surface area contributed by atoms with Crippen LogP contribution in [0.1, 0.15) is 25.3 Å². The van der Waals surface area contributed by atoms with E-state index in [0.29, 0.717) is 12.2 Å². The van der Waals surface area contributed by atoms with Crippen molar-refractivity contribution < 1.29 is 4.79 Å². The van der Waals surface area contributed by atoms with Gasteiger partial charge in [-0.2, -0.15) is 0 Å². The van der Waals surface area contributed by atoms with Crippen LogP contribution in [0.5, 0.6) is 0 Å². The second kappa shape index (κ2) is 9.39. The van der Waals surface area contributed by atoms with Crippen molar-refractivity contribution in [3.8, 4) is 11.3 Å². The first kappa shape index (κ1) is 19.9. The number of aromatic nitrogens is 2. The maximum atomic E-state index is 12.2. The smallest absolute Gasteiger partial charge is 0.319 e. The number of nitrogens with zero attached hydrogens (tertiary/aromatic N) is 3. The Morgan fingerprint density at radius 2 is 1.80 bits per heavy atom. The summed E-state index contributed by atoms with van der Waals surface area (Å²) in [7, 11) is 0. The monoisotopic (exact) mass is 401 g/mol. The van der Waals surface area contributed by atoms with Crippen molar-refractivity contribution in [2.75, 3.05) is 23.3 Å². The van der Waals surface area contributed by atoms with Crippen molar-refractivity contribution in [3.05, 3.63) is 72.3 Å². The molecule has 0 radical (unpaired) electrons. The maximum absolute atomic E-state index is 12.2. The number of anilines is 2. The summed E-state index contributed by atoms with van der Waals surface area (Å²) in [6.07, 6.45) is 2.40. The van der Waals surface area contributed by atoms with Crippen LogP contribution in [0.25, 0.3) is 11.3 Å². The maximum Gasteiger partial charge on any atom is 0.319 e. The molecule has 2 aromatic carbocycles. The minimum absolute atomic E-state index is 0.239. The van der Waals surface area contributed by atoms with E-state index in [4.69, 9.17) is 0 Å². The zero-order valence-electron chi connectivity index (χ0n) is 17.2. The molecule has 6 heteroatoms. The van der Waals surface area contributed by atoms with E-state index in [-0.39, 0.29) is 6.03 Å². The van der Waals surface area contributed by atoms with E-state index in [9.17, 15) is 4.79 Å². The Kier molecular flexibility index (Phi) is 6.23. The Labute approximate surface area is 177 Å². The van der Waals surface area contributed by atoms with E-state index in [1.807, 2.05) is 66.7 Å². The highest BCUT2D eigenvalue weighted by molar-refractivity contribution is 5.90. The zero-order chi connectivity index (χ0) is 20.8. The SMILES string of the molecule is CC1CCN(c2ccc(-c3cccc(NC(=O)NCc4ccccc4)c3)nn2)CC1. The molecule has 0 aliphatic carbocycles. The molecule has 0 atom stereocenters. The number of amides is 2. The number of nitrogens with one attached hydrogen (secondary N) is 2. The third-order valence-electron chi connectivity index (χ3n) is 5.47. The van der Waals surface area contributed by atoms with Crippen LogP contribution in [0.15, 0.2) is 66.7 Å². The number of benzene rings is 2. The molecule has 1 aliphatic heterocycles. The quantitative estimate of drug-likeness (QED) is 0.650. The van der Waals surface area contributed by atoms with Crippen molar-refractivity contribution >= 4 is 17.5 Å². The first-order chi connectivity index (χ1) is 14.7. The van der Waals surface area contributed by atoms with E-state index in [2.05, 4.69) is 32.7 Å². The molecule has 2 heterocycles. The lowest BCUT2D eigenvalue weighted by Crippen LogP contribution is -2.33. The van der Waals surface area contributed by atoms with Gasteiger partial charge in [0.1, 0.15) is 0 Å². The van der Waals surface area contributed by atoms with E-state index in [1.54, 1.807) is 0 Å².